The van der Waals surface area contributed by atoms with E-state index in [9.17, 15) is 23.1 Å². The Balaban J connectivity index is 3.35. The smallest absolute Gasteiger partial charge is 0.345 e. The molecule has 2 N–H and O–H groups in total. The molecule has 112 valence electrons. The number of amides is 1. The molecule has 0 radical (unpaired) electrons. The first kappa shape index (κ1) is 11.4. The second-order valence-electron chi connectivity index (χ2n) is 3.57. The molecule has 0 aliphatic carbocycles. The summed E-state index contributed by atoms with van der Waals surface area (Å²) in [5, 5.41) is 10.7. The summed E-state index contributed by atoms with van der Waals surface area (Å²) in [6.45, 7) is -8.57. The Morgan fingerprint density at radius 2 is 2.35 bits per heavy atom. The van der Waals surface area contributed by atoms with Gasteiger partial charge in [0, 0.05) is 14.7 Å². The summed E-state index contributed by atoms with van der Waals surface area (Å²) in [6, 6.07) is -1.54. The monoisotopic (exact) mass is 315 g/mol. The summed E-state index contributed by atoms with van der Waals surface area (Å²) >= 11 is 5.73. The minimum atomic E-state index is -3.28. The van der Waals surface area contributed by atoms with Gasteiger partial charge in [0.1, 0.15) is 12.4 Å². The predicted octanol–water partition coefficient (Wildman–Crippen LogP) is 2.39. The highest BCUT2D eigenvalue weighted by atomic mass is 35.5. The van der Waals surface area contributed by atoms with Gasteiger partial charge in [-0.15, -0.1) is 0 Å². The van der Waals surface area contributed by atoms with Crippen molar-refractivity contribution in [1.82, 2.24) is 5.32 Å². The van der Waals surface area contributed by atoms with Gasteiger partial charge in [-0.3, -0.25) is 4.79 Å². The molecule has 0 unspecified atom stereocenters. The van der Waals surface area contributed by atoms with E-state index < -0.39 is 50.0 Å². The lowest BCUT2D eigenvalue weighted by molar-refractivity contribution is -0.152. The third-order valence-corrected chi connectivity index (χ3v) is 2.53. The van der Waals surface area contributed by atoms with Gasteiger partial charge in [0.2, 0.25) is 5.91 Å². The predicted molar refractivity (Wildman–Crippen MR) is 65.8 cm³/mol. The van der Waals surface area contributed by atoms with Gasteiger partial charge in [0.05, 0.1) is 14.0 Å². The maximum atomic E-state index is 13.6. The molecule has 1 rings (SSSR count). The Hall–Kier alpha value is -1.31. The van der Waals surface area contributed by atoms with Gasteiger partial charge < -0.3 is 15.2 Å². The molecule has 0 saturated heterocycles. The van der Waals surface area contributed by atoms with Gasteiger partial charge in [0.15, 0.2) is 0 Å². The molecule has 0 aliphatic rings. The summed E-state index contributed by atoms with van der Waals surface area (Å²) in [6.07, 6.45) is 0. The zero-order valence-corrected chi connectivity index (χ0v) is 10.7. The molecular weight excluding hydrogens is 299 g/mol. The molecule has 8 heteroatoms. The van der Waals surface area contributed by atoms with Gasteiger partial charge in [-0.25, -0.2) is 4.39 Å². The average molecular weight is 316 g/mol. The highest BCUT2D eigenvalue weighted by molar-refractivity contribution is 6.31. The Kier molecular flexibility index (Phi) is 4.24. The van der Waals surface area contributed by atoms with Crippen LogP contribution in [-0.2, 0) is 16.1 Å². The van der Waals surface area contributed by atoms with Crippen LogP contribution in [0.25, 0.3) is 0 Å². The maximum absolute atomic E-state index is 13.6. The van der Waals surface area contributed by atoms with E-state index in [1.807, 2.05) is 0 Å². The Morgan fingerprint density at radius 1 is 1.65 bits per heavy atom. The van der Waals surface area contributed by atoms with Crippen molar-refractivity contribution in [2.75, 3.05) is 6.61 Å². The number of nitrogens with one attached hydrogen (secondary N) is 1. The van der Waals surface area contributed by atoms with Crippen LogP contribution in [0.4, 0.5) is 13.2 Å². The standard InChI is InChI=1S/C12H13ClF3NO3/c1-6(17-11(19)5-20-12(15)16)8-2-7(14)3-10(13)9(8)4-18/h2-3,6,12,18H,4-5H2,1H3,(H,17,19)/t6-/m0/s1/i1D3,6D. The van der Waals surface area contributed by atoms with Crippen LogP contribution in [-0.4, -0.2) is 24.2 Å². The molecule has 0 aromatic heterocycles. The number of halogens is 4. The lowest BCUT2D eigenvalue weighted by atomic mass is 10.0. The van der Waals surface area contributed by atoms with Gasteiger partial charge in [-0.05, 0) is 24.5 Å². The lowest BCUT2D eigenvalue weighted by Crippen LogP contribution is -2.31. The number of alkyl halides is 2. The van der Waals surface area contributed by atoms with Gasteiger partial charge >= 0.3 is 6.61 Å². The highest BCUT2D eigenvalue weighted by Crippen LogP contribution is 2.26. The largest absolute Gasteiger partial charge is 0.392 e. The summed E-state index contributed by atoms with van der Waals surface area (Å²) < 4.78 is 71.6. The Labute approximate surface area is 124 Å². The van der Waals surface area contributed by atoms with Crippen LogP contribution in [0.5, 0.6) is 0 Å². The fourth-order valence-corrected chi connectivity index (χ4v) is 1.63. The Bertz CT molecular complexity index is 618. The van der Waals surface area contributed by atoms with E-state index in [0.29, 0.717) is 6.07 Å². The van der Waals surface area contributed by atoms with E-state index >= 15 is 0 Å². The van der Waals surface area contributed by atoms with E-state index in [-0.39, 0.29) is 10.6 Å². The number of carbonyl (C=O) groups excluding carboxylic acids is 1. The molecule has 20 heavy (non-hydrogen) atoms. The molecule has 1 aromatic carbocycles. The quantitative estimate of drug-likeness (QED) is 0.847. The first-order valence-corrected chi connectivity index (χ1v) is 5.60. The van der Waals surface area contributed by atoms with E-state index in [4.69, 9.17) is 17.1 Å². The minimum Gasteiger partial charge on any atom is -0.392 e. The number of benzene rings is 1. The van der Waals surface area contributed by atoms with Crippen LogP contribution in [0.3, 0.4) is 0 Å². The van der Waals surface area contributed by atoms with Crippen molar-refractivity contribution in [3.8, 4) is 0 Å². The number of aliphatic hydroxyl groups excluding tert-OH is 1. The second-order valence-corrected chi connectivity index (χ2v) is 3.97. The third kappa shape index (κ3) is 4.66. The second kappa shape index (κ2) is 7.47. The summed E-state index contributed by atoms with van der Waals surface area (Å²) in [7, 11) is 0. The van der Waals surface area contributed by atoms with Crippen LogP contribution >= 0.6 is 11.6 Å². The molecular formula is C12H13ClF3NO3. The van der Waals surface area contributed by atoms with E-state index in [1.54, 1.807) is 5.32 Å². The maximum Gasteiger partial charge on any atom is 0.345 e. The van der Waals surface area contributed by atoms with E-state index in [1.165, 1.54) is 0 Å². The third-order valence-electron chi connectivity index (χ3n) is 2.19. The van der Waals surface area contributed by atoms with Crippen molar-refractivity contribution in [3.05, 3.63) is 34.1 Å². The van der Waals surface area contributed by atoms with Crippen molar-refractivity contribution in [2.45, 2.75) is 26.1 Å². The number of carbonyl (C=O) groups is 1. The molecule has 0 fully saturated rings. The van der Waals surface area contributed by atoms with Crippen LogP contribution in [0.2, 0.25) is 5.02 Å². The fraction of sp³-hybridized carbons (Fsp3) is 0.417. The molecule has 0 heterocycles. The highest BCUT2D eigenvalue weighted by Gasteiger charge is 2.17. The van der Waals surface area contributed by atoms with E-state index in [0.717, 1.165) is 6.07 Å². The summed E-state index contributed by atoms with van der Waals surface area (Å²) in [4.78, 5) is 11.6. The molecule has 1 amide bonds. The zero-order valence-electron chi connectivity index (χ0n) is 13.9. The van der Waals surface area contributed by atoms with Crippen molar-refractivity contribution in [3.63, 3.8) is 0 Å². The van der Waals surface area contributed by atoms with Gasteiger partial charge in [-0.2, -0.15) is 8.78 Å². The molecule has 0 bridgehead atoms. The molecule has 0 saturated carbocycles. The SMILES string of the molecule is [2H]C([2H])([2H])[C@]([2H])(NC(=O)COC(F)F)c1cc(F)cc(Cl)c1CO. The normalized spacial score (nSPS) is 17.7. The van der Waals surface area contributed by atoms with Crippen molar-refractivity contribution in [2.24, 2.45) is 0 Å². The van der Waals surface area contributed by atoms with E-state index in [2.05, 4.69) is 4.74 Å². The average Bonchev–Trinajstić information content (AvgIpc) is 2.43. The molecule has 1 atom stereocenters. The Morgan fingerprint density at radius 3 is 2.90 bits per heavy atom. The number of rotatable bonds is 6. The molecule has 0 aliphatic heterocycles. The molecule has 1 aromatic rings. The number of hydrogen-bond acceptors (Lipinski definition) is 3. The van der Waals surface area contributed by atoms with Crippen LogP contribution in [0, 0.1) is 5.82 Å². The van der Waals surface area contributed by atoms with Crippen molar-refractivity contribution in [1.29, 1.82) is 0 Å². The first-order chi connectivity index (χ1) is 10.9. The van der Waals surface area contributed by atoms with Crippen LogP contribution in [0.15, 0.2) is 12.1 Å². The van der Waals surface area contributed by atoms with Gasteiger partial charge in [-0.1, -0.05) is 11.6 Å². The minimum absolute atomic E-state index is 0.292. The summed E-state index contributed by atoms with van der Waals surface area (Å²) in [5.41, 5.74) is -0.917. The molecule has 4 nitrogen and oxygen atoms in total. The lowest BCUT2D eigenvalue weighted by Gasteiger charge is -2.18. The first-order valence-electron chi connectivity index (χ1n) is 7.22. The fourth-order valence-electron chi connectivity index (χ4n) is 1.37. The topological polar surface area (TPSA) is 58.6 Å². The number of ether oxygens (including phenoxy) is 1. The molecule has 0 spiro atoms. The van der Waals surface area contributed by atoms with Crippen molar-refractivity contribution >= 4 is 17.5 Å². The number of hydrogen-bond donors (Lipinski definition) is 2. The summed E-state index contributed by atoms with van der Waals surface area (Å²) in [5.74, 6) is -2.35. The van der Waals surface area contributed by atoms with Crippen molar-refractivity contribution < 1.29 is 33.3 Å². The number of aliphatic hydroxyl groups is 1. The van der Waals surface area contributed by atoms with Crippen LogP contribution in [0.1, 0.15) is 29.5 Å². The van der Waals surface area contributed by atoms with Gasteiger partial charge in [0.25, 0.3) is 0 Å². The van der Waals surface area contributed by atoms with Crippen LogP contribution < -0.4 is 5.32 Å². The zero-order chi connectivity index (χ0) is 18.7.